The van der Waals surface area contributed by atoms with Gasteiger partial charge in [0.25, 0.3) is 0 Å². The van der Waals surface area contributed by atoms with Crippen molar-refractivity contribution >= 4 is 33.5 Å². The average Bonchev–Trinajstić information content (AvgIpc) is 3.08. The van der Waals surface area contributed by atoms with Crippen LogP contribution in [0.25, 0.3) is 0 Å². The van der Waals surface area contributed by atoms with Gasteiger partial charge in [0.1, 0.15) is 5.76 Å². The SMILES string of the molecule is CCc1noc(CC)c1CNC(=NC)NCCC(=O)Nc1ccc(Br)cc1. The van der Waals surface area contributed by atoms with Crippen LogP contribution in [0.1, 0.15) is 37.3 Å². The van der Waals surface area contributed by atoms with E-state index in [-0.39, 0.29) is 5.91 Å². The molecule has 0 aliphatic rings. The Balaban J connectivity index is 1.78. The van der Waals surface area contributed by atoms with Crippen LogP contribution >= 0.6 is 15.9 Å². The number of anilines is 1. The van der Waals surface area contributed by atoms with E-state index in [0.29, 0.717) is 25.5 Å². The summed E-state index contributed by atoms with van der Waals surface area (Å²) in [5, 5.41) is 13.4. The quantitative estimate of drug-likeness (QED) is 0.437. The summed E-state index contributed by atoms with van der Waals surface area (Å²) in [7, 11) is 1.70. The Morgan fingerprint density at radius 1 is 1.19 bits per heavy atom. The highest BCUT2D eigenvalue weighted by Crippen LogP contribution is 2.15. The van der Waals surface area contributed by atoms with Crippen LogP contribution in [0.2, 0.25) is 0 Å². The van der Waals surface area contributed by atoms with Crippen molar-refractivity contribution in [1.29, 1.82) is 0 Å². The molecular formula is C19H26BrN5O2. The number of halogens is 1. The van der Waals surface area contributed by atoms with Crippen LogP contribution in [-0.2, 0) is 24.2 Å². The standard InChI is InChI=1S/C19H26BrN5O2/c1-4-16-15(17(5-2)27-25-16)12-23-19(21-3)22-11-10-18(26)24-14-8-6-13(20)7-9-14/h6-9H,4-5,10-12H2,1-3H3,(H,24,26)(H2,21,22,23). The van der Waals surface area contributed by atoms with Crippen molar-refractivity contribution in [3.63, 3.8) is 0 Å². The second-order valence-corrected chi connectivity index (χ2v) is 6.81. The number of rotatable bonds is 8. The van der Waals surface area contributed by atoms with Gasteiger partial charge in [0.15, 0.2) is 5.96 Å². The van der Waals surface area contributed by atoms with Crippen molar-refractivity contribution < 1.29 is 9.32 Å². The summed E-state index contributed by atoms with van der Waals surface area (Å²) < 4.78 is 6.35. The second-order valence-electron chi connectivity index (χ2n) is 5.90. The van der Waals surface area contributed by atoms with Crippen molar-refractivity contribution in [2.45, 2.75) is 39.7 Å². The molecular weight excluding hydrogens is 410 g/mol. The Bertz CT molecular complexity index is 749. The molecule has 2 aromatic rings. The van der Waals surface area contributed by atoms with Crippen molar-refractivity contribution in [2.24, 2.45) is 4.99 Å². The minimum Gasteiger partial charge on any atom is -0.361 e. The Morgan fingerprint density at radius 3 is 2.56 bits per heavy atom. The first-order valence-corrected chi connectivity index (χ1v) is 9.82. The number of carbonyl (C=O) groups excluding carboxylic acids is 1. The number of hydrogen-bond acceptors (Lipinski definition) is 4. The maximum atomic E-state index is 12.0. The van der Waals surface area contributed by atoms with Gasteiger partial charge in [-0.25, -0.2) is 0 Å². The summed E-state index contributed by atoms with van der Waals surface area (Å²) in [6.07, 6.45) is 1.96. The molecule has 0 atom stereocenters. The lowest BCUT2D eigenvalue weighted by Gasteiger charge is -2.12. The number of nitrogens with one attached hydrogen (secondary N) is 3. The molecule has 1 aromatic heterocycles. The van der Waals surface area contributed by atoms with Crippen molar-refractivity contribution in [2.75, 3.05) is 18.9 Å². The van der Waals surface area contributed by atoms with Crippen LogP contribution in [-0.4, -0.2) is 30.6 Å². The fourth-order valence-electron chi connectivity index (χ4n) is 2.58. The fourth-order valence-corrected chi connectivity index (χ4v) is 2.85. The van der Waals surface area contributed by atoms with Gasteiger partial charge in [-0.15, -0.1) is 0 Å². The maximum absolute atomic E-state index is 12.0. The predicted molar refractivity (Wildman–Crippen MR) is 111 cm³/mol. The van der Waals surface area contributed by atoms with Crippen LogP contribution in [0.5, 0.6) is 0 Å². The molecule has 0 unspecified atom stereocenters. The summed E-state index contributed by atoms with van der Waals surface area (Å²) in [6.45, 7) is 5.16. The molecule has 0 bridgehead atoms. The van der Waals surface area contributed by atoms with E-state index in [4.69, 9.17) is 4.52 Å². The van der Waals surface area contributed by atoms with Gasteiger partial charge < -0.3 is 20.5 Å². The highest BCUT2D eigenvalue weighted by molar-refractivity contribution is 9.10. The number of carbonyl (C=O) groups is 1. The molecule has 0 aliphatic heterocycles. The van der Waals surface area contributed by atoms with E-state index >= 15 is 0 Å². The largest absolute Gasteiger partial charge is 0.361 e. The number of nitrogens with zero attached hydrogens (tertiary/aromatic N) is 2. The third-order valence-electron chi connectivity index (χ3n) is 4.04. The minimum atomic E-state index is -0.0548. The number of benzene rings is 1. The highest BCUT2D eigenvalue weighted by Gasteiger charge is 2.13. The van der Waals surface area contributed by atoms with Gasteiger partial charge in [0.05, 0.1) is 5.69 Å². The smallest absolute Gasteiger partial charge is 0.226 e. The van der Waals surface area contributed by atoms with Crippen LogP contribution in [0.3, 0.4) is 0 Å². The van der Waals surface area contributed by atoms with E-state index in [0.717, 1.165) is 40.0 Å². The van der Waals surface area contributed by atoms with E-state index in [1.165, 1.54) is 0 Å². The first-order chi connectivity index (χ1) is 13.1. The molecule has 0 aliphatic carbocycles. The first kappa shape index (κ1) is 21.0. The molecule has 27 heavy (non-hydrogen) atoms. The number of aromatic nitrogens is 1. The monoisotopic (exact) mass is 435 g/mol. The van der Waals surface area contributed by atoms with E-state index in [2.05, 4.69) is 49.0 Å². The molecule has 0 saturated heterocycles. The van der Waals surface area contributed by atoms with Crippen LogP contribution < -0.4 is 16.0 Å². The number of aryl methyl sites for hydroxylation is 2. The molecule has 1 aromatic carbocycles. The van der Waals surface area contributed by atoms with E-state index in [9.17, 15) is 4.79 Å². The molecule has 0 fully saturated rings. The molecule has 146 valence electrons. The van der Waals surface area contributed by atoms with Gasteiger partial charge in [-0.2, -0.15) is 0 Å². The van der Waals surface area contributed by atoms with Crippen LogP contribution in [0, 0.1) is 0 Å². The number of amides is 1. The summed E-state index contributed by atoms with van der Waals surface area (Å²) in [5.41, 5.74) is 2.82. The Morgan fingerprint density at radius 2 is 1.93 bits per heavy atom. The number of aliphatic imine (C=N–C) groups is 1. The van der Waals surface area contributed by atoms with Gasteiger partial charge >= 0.3 is 0 Å². The normalized spacial score (nSPS) is 11.3. The zero-order valence-electron chi connectivity index (χ0n) is 15.9. The van der Waals surface area contributed by atoms with Crippen molar-refractivity contribution in [3.05, 3.63) is 45.8 Å². The average molecular weight is 436 g/mol. The molecule has 0 saturated carbocycles. The van der Waals surface area contributed by atoms with Crippen molar-refractivity contribution in [1.82, 2.24) is 15.8 Å². The summed E-state index contributed by atoms with van der Waals surface area (Å²) in [5.74, 6) is 1.47. The lowest BCUT2D eigenvalue weighted by atomic mass is 10.1. The summed E-state index contributed by atoms with van der Waals surface area (Å²) in [4.78, 5) is 16.2. The molecule has 1 heterocycles. The third-order valence-corrected chi connectivity index (χ3v) is 4.56. The summed E-state index contributed by atoms with van der Waals surface area (Å²) >= 11 is 3.37. The zero-order valence-corrected chi connectivity index (χ0v) is 17.5. The predicted octanol–water partition coefficient (Wildman–Crippen LogP) is 3.26. The highest BCUT2D eigenvalue weighted by atomic mass is 79.9. The first-order valence-electron chi connectivity index (χ1n) is 9.03. The summed E-state index contributed by atoms with van der Waals surface area (Å²) in [6, 6.07) is 7.48. The molecule has 0 radical (unpaired) electrons. The lowest BCUT2D eigenvalue weighted by Crippen LogP contribution is -2.38. The topological polar surface area (TPSA) is 91.6 Å². The molecule has 3 N–H and O–H groups in total. The lowest BCUT2D eigenvalue weighted by molar-refractivity contribution is -0.116. The zero-order chi connectivity index (χ0) is 19.6. The fraction of sp³-hybridized carbons (Fsp3) is 0.421. The minimum absolute atomic E-state index is 0.0548. The third kappa shape index (κ3) is 6.39. The van der Waals surface area contributed by atoms with Gasteiger partial charge in [-0.3, -0.25) is 9.79 Å². The van der Waals surface area contributed by atoms with E-state index < -0.39 is 0 Å². The van der Waals surface area contributed by atoms with Gasteiger partial charge in [0, 0.05) is 48.7 Å². The van der Waals surface area contributed by atoms with Gasteiger partial charge in [-0.05, 0) is 30.7 Å². The Hall–Kier alpha value is -2.35. The second kappa shape index (κ2) is 10.7. The Labute approximate surface area is 168 Å². The van der Waals surface area contributed by atoms with Crippen LogP contribution in [0.15, 0.2) is 38.3 Å². The number of guanidine groups is 1. The maximum Gasteiger partial charge on any atom is 0.226 e. The van der Waals surface area contributed by atoms with E-state index in [1.807, 2.05) is 31.2 Å². The molecule has 1 amide bonds. The van der Waals surface area contributed by atoms with Gasteiger partial charge in [0.2, 0.25) is 5.91 Å². The Kier molecular flexibility index (Phi) is 8.32. The van der Waals surface area contributed by atoms with Crippen LogP contribution in [0.4, 0.5) is 5.69 Å². The van der Waals surface area contributed by atoms with E-state index in [1.54, 1.807) is 7.05 Å². The molecule has 8 heteroatoms. The molecule has 2 rings (SSSR count). The van der Waals surface area contributed by atoms with Crippen molar-refractivity contribution in [3.8, 4) is 0 Å². The van der Waals surface area contributed by atoms with Gasteiger partial charge in [-0.1, -0.05) is 34.9 Å². The number of hydrogen-bond donors (Lipinski definition) is 3. The molecule has 7 nitrogen and oxygen atoms in total. The molecule has 0 spiro atoms.